The molecule has 256 valence electrons. The number of nitrogens with zero attached hydrogens (tertiary/aromatic N) is 2. The molecule has 0 spiro atoms. The lowest BCUT2D eigenvalue weighted by Gasteiger charge is -2.12. The zero-order valence-electron chi connectivity index (χ0n) is 29.8. The standard InChI is InChI=1S/C52H32N2O/c1-2-15-39-34(11-1)12-10-19-40(39)36-13-9-14-38(31-36)54-46-21-7-4-18-44(46)52-48(54)30-29-47-51(52)43-17-3-6-20-45(43)53(47)37-26-23-33(24-27-37)35-25-28-42-41-16-5-8-22-49(41)55-50(42)32-35/h1-32H. The van der Waals surface area contributed by atoms with Gasteiger partial charge in [-0.05, 0) is 99.8 Å². The number of fused-ring (bicyclic) bond motifs is 11. The Kier molecular flexibility index (Phi) is 6.34. The van der Waals surface area contributed by atoms with Gasteiger partial charge in [-0.2, -0.15) is 0 Å². The monoisotopic (exact) mass is 700 g/mol. The van der Waals surface area contributed by atoms with Crippen LogP contribution >= 0.6 is 0 Å². The number of furan rings is 1. The predicted octanol–water partition coefficient (Wildman–Crippen LogP) is 14.3. The van der Waals surface area contributed by atoms with Gasteiger partial charge in [0.05, 0.1) is 22.1 Å². The highest BCUT2D eigenvalue weighted by molar-refractivity contribution is 6.29. The van der Waals surface area contributed by atoms with Crippen LogP contribution in [0, 0.1) is 0 Å². The van der Waals surface area contributed by atoms with Crippen molar-refractivity contribution in [2.75, 3.05) is 0 Å². The molecule has 0 aliphatic rings. The molecule has 3 heterocycles. The molecule has 0 N–H and O–H groups in total. The summed E-state index contributed by atoms with van der Waals surface area (Å²) in [4.78, 5) is 0. The minimum absolute atomic E-state index is 0.911. The average molecular weight is 701 g/mol. The van der Waals surface area contributed by atoms with Gasteiger partial charge >= 0.3 is 0 Å². The van der Waals surface area contributed by atoms with Crippen molar-refractivity contribution in [3.63, 3.8) is 0 Å². The molecule has 0 bridgehead atoms. The van der Waals surface area contributed by atoms with Crippen LogP contribution in [0.25, 0.3) is 110 Å². The van der Waals surface area contributed by atoms with E-state index < -0.39 is 0 Å². The van der Waals surface area contributed by atoms with Crippen molar-refractivity contribution in [3.8, 4) is 33.6 Å². The van der Waals surface area contributed by atoms with Gasteiger partial charge < -0.3 is 13.6 Å². The molecule has 12 rings (SSSR count). The average Bonchev–Trinajstić information content (AvgIpc) is 3.91. The normalized spacial score (nSPS) is 12.0. The van der Waals surface area contributed by atoms with Crippen LogP contribution in [-0.4, -0.2) is 9.13 Å². The molecule has 0 amide bonds. The fourth-order valence-electron chi connectivity index (χ4n) is 9.07. The predicted molar refractivity (Wildman–Crippen MR) is 231 cm³/mol. The summed E-state index contributed by atoms with van der Waals surface area (Å²) in [6, 6.07) is 70.3. The second kappa shape index (κ2) is 11.6. The lowest BCUT2D eigenvalue weighted by atomic mass is 9.98. The number of hydrogen-bond acceptors (Lipinski definition) is 1. The van der Waals surface area contributed by atoms with Gasteiger partial charge in [0.15, 0.2) is 0 Å². The highest BCUT2D eigenvalue weighted by atomic mass is 16.3. The first-order chi connectivity index (χ1) is 27.3. The minimum Gasteiger partial charge on any atom is -0.456 e. The van der Waals surface area contributed by atoms with Crippen LogP contribution in [0.2, 0.25) is 0 Å². The van der Waals surface area contributed by atoms with Gasteiger partial charge in [0.2, 0.25) is 0 Å². The first-order valence-corrected chi connectivity index (χ1v) is 18.8. The zero-order chi connectivity index (χ0) is 36.0. The van der Waals surface area contributed by atoms with Crippen molar-refractivity contribution in [3.05, 3.63) is 194 Å². The Morgan fingerprint density at radius 2 is 0.891 bits per heavy atom. The second-order valence-corrected chi connectivity index (χ2v) is 14.5. The van der Waals surface area contributed by atoms with E-state index in [0.29, 0.717) is 0 Å². The summed E-state index contributed by atoms with van der Waals surface area (Å²) in [6.45, 7) is 0. The first kappa shape index (κ1) is 30.1. The SMILES string of the molecule is c1cc(-c2cccc3ccccc23)cc(-n2c3ccccc3c3c4c5ccccc5n(-c5ccc(-c6ccc7c(c6)oc6ccccc67)cc5)c4ccc32)c1. The van der Waals surface area contributed by atoms with E-state index in [1.165, 1.54) is 65.5 Å². The van der Waals surface area contributed by atoms with Crippen LogP contribution in [0.3, 0.4) is 0 Å². The summed E-state index contributed by atoms with van der Waals surface area (Å²) >= 11 is 0. The van der Waals surface area contributed by atoms with E-state index in [-0.39, 0.29) is 0 Å². The number of para-hydroxylation sites is 3. The Labute approximate surface area is 316 Å². The van der Waals surface area contributed by atoms with Gasteiger partial charge in [-0.15, -0.1) is 0 Å². The van der Waals surface area contributed by atoms with Gasteiger partial charge in [0.25, 0.3) is 0 Å². The molecule has 12 aromatic rings. The van der Waals surface area contributed by atoms with Crippen LogP contribution in [0.4, 0.5) is 0 Å². The fraction of sp³-hybridized carbons (Fsp3) is 0. The fourth-order valence-corrected chi connectivity index (χ4v) is 9.07. The second-order valence-electron chi connectivity index (χ2n) is 14.5. The van der Waals surface area contributed by atoms with Crippen molar-refractivity contribution in [2.45, 2.75) is 0 Å². The molecule has 0 aliphatic heterocycles. The van der Waals surface area contributed by atoms with Gasteiger partial charge in [-0.25, -0.2) is 0 Å². The Balaban J connectivity index is 1.04. The van der Waals surface area contributed by atoms with E-state index in [9.17, 15) is 0 Å². The maximum Gasteiger partial charge on any atom is 0.136 e. The topological polar surface area (TPSA) is 23.0 Å². The highest BCUT2D eigenvalue weighted by Crippen LogP contribution is 2.43. The summed E-state index contributed by atoms with van der Waals surface area (Å²) < 4.78 is 11.1. The molecule has 3 nitrogen and oxygen atoms in total. The highest BCUT2D eigenvalue weighted by Gasteiger charge is 2.21. The van der Waals surface area contributed by atoms with Crippen LogP contribution in [0.15, 0.2) is 199 Å². The van der Waals surface area contributed by atoms with E-state index in [1.54, 1.807) is 0 Å². The molecule has 0 aliphatic carbocycles. The number of hydrogen-bond donors (Lipinski definition) is 0. The Hall–Kier alpha value is -7.36. The molecule has 9 aromatic carbocycles. The molecule has 0 saturated carbocycles. The third-order valence-electron chi connectivity index (χ3n) is 11.5. The van der Waals surface area contributed by atoms with Crippen molar-refractivity contribution >= 4 is 76.3 Å². The molecule has 55 heavy (non-hydrogen) atoms. The lowest BCUT2D eigenvalue weighted by molar-refractivity contribution is 0.669. The van der Waals surface area contributed by atoms with Gasteiger partial charge in [0, 0.05) is 43.7 Å². The molecule has 0 atom stereocenters. The van der Waals surface area contributed by atoms with Crippen LogP contribution in [-0.2, 0) is 0 Å². The zero-order valence-corrected chi connectivity index (χ0v) is 29.8. The van der Waals surface area contributed by atoms with Crippen LogP contribution in [0.5, 0.6) is 0 Å². The van der Waals surface area contributed by atoms with Crippen molar-refractivity contribution in [1.82, 2.24) is 9.13 Å². The van der Waals surface area contributed by atoms with Crippen molar-refractivity contribution in [2.24, 2.45) is 0 Å². The minimum atomic E-state index is 0.911. The smallest absolute Gasteiger partial charge is 0.136 e. The summed E-state index contributed by atoms with van der Waals surface area (Å²) in [6.07, 6.45) is 0. The van der Waals surface area contributed by atoms with Gasteiger partial charge in [-0.1, -0.05) is 127 Å². The largest absolute Gasteiger partial charge is 0.456 e. The summed E-state index contributed by atoms with van der Waals surface area (Å²) in [5, 5.41) is 9.85. The van der Waals surface area contributed by atoms with E-state index in [2.05, 4.69) is 191 Å². The first-order valence-electron chi connectivity index (χ1n) is 18.8. The van der Waals surface area contributed by atoms with Gasteiger partial charge in [0.1, 0.15) is 11.2 Å². The summed E-state index contributed by atoms with van der Waals surface area (Å²) in [5.74, 6) is 0. The molecule has 3 aromatic heterocycles. The quantitative estimate of drug-likeness (QED) is 0.179. The maximum absolute atomic E-state index is 6.22. The van der Waals surface area contributed by atoms with Gasteiger partial charge in [-0.3, -0.25) is 0 Å². The molecule has 0 fully saturated rings. The summed E-state index contributed by atoms with van der Waals surface area (Å²) in [7, 11) is 0. The third kappa shape index (κ3) is 4.44. The van der Waals surface area contributed by atoms with Crippen LogP contribution in [0.1, 0.15) is 0 Å². The number of aromatic nitrogens is 2. The molecule has 0 saturated heterocycles. The summed E-state index contributed by atoms with van der Waals surface area (Å²) in [5.41, 5.74) is 13.6. The van der Waals surface area contributed by atoms with E-state index in [0.717, 1.165) is 44.4 Å². The maximum atomic E-state index is 6.22. The van der Waals surface area contributed by atoms with Crippen molar-refractivity contribution < 1.29 is 4.42 Å². The molecular weight excluding hydrogens is 669 g/mol. The molecule has 0 radical (unpaired) electrons. The molecule has 0 unspecified atom stereocenters. The number of benzene rings is 9. The van der Waals surface area contributed by atoms with E-state index >= 15 is 0 Å². The Bertz CT molecular complexity index is 3480. The molecular formula is C52H32N2O. The van der Waals surface area contributed by atoms with E-state index in [1.807, 2.05) is 12.1 Å². The third-order valence-corrected chi connectivity index (χ3v) is 11.5. The number of rotatable bonds is 4. The van der Waals surface area contributed by atoms with Crippen molar-refractivity contribution in [1.29, 1.82) is 0 Å². The Morgan fingerprint density at radius 1 is 0.309 bits per heavy atom. The van der Waals surface area contributed by atoms with Crippen LogP contribution < -0.4 is 0 Å². The Morgan fingerprint density at radius 3 is 1.65 bits per heavy atom. The van der Waals surface area contributed by atoms with E-state index in [4.69, 9.17) is 4.42 Å². The lowest BCUT2D eigenvalue weighted by Crippen LogP contribution is -1.95. The molecule has 3 heteroatoms.